The summed E-state index contributed by atoms with van der Waals surface area (Å²) in [4.78, 5) is 22.4. The molecule has 0 fully saturated rings. The topological polar surface area (TPSA) is 93.5 Å². The van der Waals surface area contributed by atoms with Crippen LogP contribution < -0.4 is 16.4 Å². The lowest BCUT2D eigenvalue weighted by molar-refractivity contribution is -0.116. The van der Waals surface area contributed by atoms with Crippen LogP contribution in [0.4, 0.5) is 16.2 Å². The Balaban J connectivity index is 2.52. The number of amides is 2. The molecule has 0 bridgehead atoms. The Morgan fingerprint density at radius 2 is 1.72 bits per heavy atom. The van der Waals surface area contributed by atoms with Crippen molar-refractivity contribution in [2.45, 2.75) is 13.3 Å². The maximum atomic E-state index is 11.3. The highest BCUT2D eigenvalue weighted by molar-refractivity contribution is 5.91. The lowest BCUT2D eigenvalue weighted by atomic mass is 10.2. The normalized spacial score (nSPS) is 9.67. The third-order valence-electron chi connectivity index (χ3n) is 2.06. The van der Waals surface area contributed by atoms with Gasteiger partial charge in [0.05, 0.1) is 6.61 Å². The summed E-state index contributed by atoms with van der Waals surface area (Å²) in [6.07, 6.45) is -0.222. The Bertz CT molecular complexity index is 365. The van der Waals surface area contributed by atoms with Crippen LogP contribution in [-0.2, 0) is 9.53 Å². The fraction of sp³-hybridized carbons (Fsp3) is 0.333. The van der Waals surface area contributed by atoms with Crippen LogP contribution in [0.25, 0.3) is 0 Å². The average molecular weight is 251 g/mol. The largest absolute Gasteiger partial charge is 0.450 e. The molecule has 4 N–H and O–H groups in total. The number of ether oxygens (including phenoxy) is 1. The number of hydrogen-bond acceptors (Lipinski definition) is 4. The van der Waals surface area contributed by atoms with Crippen molar-refractivity contribution in [1.29, 1.82) is 0 Å². The summed E-state index contributed by atoms with van der Waals surface area (Å²) in [5.41, 5.74) is 6.53. The Kier molecular flexibility index (Phi) is 5.66. The van der Waals surface area contributed by atoms with E-state index in [2.05, 4.69) is 10.6 Å². The van der Waals surface area contributed by atoms with Gasteiger partial charge >= 0.3 is 6.09 Å². The molecule has 1 aromatic carbocycles. The molecular weight excluding hydrogens is 234 g/mol. The summed E-state index contributed by atoms with van der Waals surface area (Å²) in [5.74, 6) is -0.136. The lowest BCUT2D eigenvalue weighted by Gasteiger charge is -2.07. The summed E-state index contributed by atoms with van der Waals surface area (Å²) in [6, 6.07) is 6.73. The van der Waals surface area contributed by atoms with E-state index in [0.29, 0.717) is 24.5 Å². The van der Waals surface area contributed by atoms with Gasteiger partial charge in [-0.05, 0) is 31.2 Å². The summed E-state index contributed by atoms with van der Waals surface area (Å²) in [7, 11) is 0. The molecule has 0 atom stereocenters. The second-order valence-electron chi connectivity index (χ2n) is 3.51. The van der Waals surface area contributed by atoms with Crippen LogP contribution in [0, 0.1) is 0 Å². The molecule has 18 heavy (non-hydrogen) atoms. The predicted octanol–water partition coefficient (Wildman–Crippen LogP) is 1.54. The van der Waals surface area contributed by atoms with E-state index in [-0.39, 0.29) is 12.3 Å². The van der Waals surface area contributed by atoms with Crippen molar-refractivity contribution in [2.24, 2.45) is 5.73 Å². The van der Waals surface area contributed by atoms with Gasteiger partial charge < -0.3 is 15.8 Å². The standard InChI is InChI=1S/C12H17N3O3/c1-2-18-12(17)15-10-5-3-9(4-6-10)14-11(16)7-8-13/h3-6H,2,7-8,13H2,1H3,(H,14,16)(H,15,17). The minimum atomic E-state index is -0.502. The zero-order chi connectivity index (χ0) is 13.4. The number of carbonyl (C=O) groups excluding carboxylic acids is 2. The van der Waals surface area contributed by atoms with Crippen molar-refractivity contribution in [1.82, 2.24) is 0 Å². The molecule has 0 spiro atoms. The third kappa shape index (κ3) is 4.84. The predicted molar refractivity (Wildman–Crippen MR) is 69.4 cm³/mol. The molecular formula is C12H17N3O3. The van der Waals surface area contributed by atoms with Crippen molar-refractivity contribution in [3.63, 3.8) is 0 Å². The number of benzene rings is 1. The molecule has 1 rings (SSSR count). The van der Waals surface area contributed by atoms with Crippen molar-refractivity contribution in [3.8, 4) is 0 Å². The summed E-state index contributed by atoms with van der Waals surface area (Å²) in [6.45, 7) is 2.36. The molecule has 6 heteroatoms. The number of carbonyl (C=O) groups is 2. The SMILES string of the molecule is CCOC(=O)Nc1ccc(NC(=O)CCN)cc1. The molecule has 0 heterocycles. The van der Waals surface area contributed by atoms with Crippen LogP contribution in [0.2, 0.25) is 0 Å². The van der Waals surface area contributed by atoms with E-state index in [9.17, 15) is 9.59 Å². The van der Waals surface area contributed by atoms with Crippen molar-refractivity contribution >= 4 is 23.4 Å². The molecule has 0 saturated carbocycles. The van der Waals surface area contributed by atoms with Gasteiger partial charge in [0.25, 0.3) is 0 Å². The number of nitrogens with one attached hydrogen (secondary N) is 2. The summed E-state index contributed by atoms with van der Waals surface area (Å²) >= 11 is 0. The second-order valence-corrected chi connectivity index (χ2v) is 3.51. The highest BCUT2D eigenvalue weighted by Crippen LogP contribution is 2.13. The van der Waals surface area contributed by atoms with Gasteiger partial charge in [-0.25, -0.2) is 4.79 Å². The van der Waals surface area contributed by atoms with Crippen LogP contribution in [0.5, 0.6) is 0 Å². The molecule has 0 aliphatic heterocycles. The van der Waals surface area contributed by atoms with Gasteiger partial charge in [-0.3, -0.25) is 10.1 Å². The van der Waals surface area contributed by atoms with E-state index < -0.39 is 6.09 Å². The molecule has 6 nitrogen and oxygen atoms in total. The fourth-order valence-corrected chi connectivity index (χ4v) is 1.28. The maximum Gasteiger partial charge on any atom is 0.411 e. The third-order valence-corrected chi connectivity index (χ3v) is 2.06. The quantitative estimate of drug-likeness (QED) is 0.740. The molecule has 1 aromatic rings. The smallest absolute Gasteiger partial charge is 0.411 e. The van der Waals surface area contributed by atoms with Gasteiger partial charge in [-0.15, -0.1) is 0 Å². The monoisotopic (exact) mass is 251 g/mol. The van der Waals surface area contributed by atoms with Crippen LogP contribution in [0.3, 0.4) is 0 Å². The zero-order valence-corrected chi connectivity index (χ0v) is 10.2. The molecule has 98 valence electrons. The zero-order valence-electron chi connectivity index (χ0n) is 10.2. The number of anilines is 2. The van der Waals surface area contributed by atoms with E-state index in [1.807, 2.05) is 0 Å². The molecule has 2 amide bonds. The first kappa shape index (κ1) is 14.0. The van der Waals surface area contributed by atoms with E-state index in [1.54, 1.807) is 31.2 Å². The Labute approximate surface area is 105 Å². The van der Waals surface area contributed by atoms with E-state index in [4.69, 9.17) is 10.5 Å². The molecule has 0 aromatic heterocycles. The van der Waals surface area contributed by atoms with Crippen molar-refractivity contribution in [3.05, 3.63) is 24.3 Å². The number of nitrogens with two attached hydrogens (primary N) is 1. The van der Waals surface area contributed by atoms with Gasteiger partial charge in [0.15, 0.2) is 0 Å². The van der Waals surface area contributed by atoms with E-state index in [1.165, 1.54) is 0 Å². The molecule has 0 unspecified atom stereocenters. The maximum absolute atomic E-state index is 11.3. The Morgan fingerprint density at radius 3 is 2.22 bits per heavy atom. The minimum absolute atomic E-state index is 0.136. The Hall–Kier alpha value is -2.08. The molecule has 0 radical (unpaired) electrons. The molecule has 0 aliphatic rings. The fourth-order valence-electron chi connectivity index (χ4n) is 1.28. The van der Waals surface area contributed by atoms with Crippen LogP contribution >= 0.6 is 0 Å². The summed E-state index contributed by atoms with van der Waals surface area (Å²) in [5, 5.41) is 5.24. The van der Waals surface area contributed by atoms with Gasteiger partial charge in [-0.1, -0.05) is 0 Å². The van der Waals surface area contributed by atoms with Gasteiger partial charge in [0.2, 0.25) is 5.91 Å². The lowest BCUT2D eigenvalue weighted by Crippen LogP contribution is -2.16. The molecule has 0 saturated heterocycles. The van der Waals surface area contributed by atoms with Gasteiger partial charge in [-0.2, -0.15) is 0 Å². The van der Waals surface area contributed by atoms with Gasteiger partial charge in [0, 0.05) is 24.3 Å². The second kappa shape index (κ2) is 7.29. The first-order valence-electron chi connectivity index (χ1n) is 5.69. The average Bonchev–Trinajstić information content (AvgIpc) is 2.32. The number of rotatable bonds is 5. The first-order valence-corrected chi connectivity index (χ1v) is 5.69. The first-order chi connectivity index (χ1) is 8.65. The number of hydrogen-bond donors (Lipinski definition) is 3. The van der Waals surface area contributed by atoms with Crippen molar-refractivity contribution in [2.75, 3.05) is 23.8 Å². The highest BCUT2D eigenvalue weighted by Gasteiger charge is 2.03. The van der Waals surface area contributed by atoms with Gasteiger partial charge in [0.1, 0.15) is 0 Å². The Morgan fingerprint density at radius 1 is 1.17 bits per heavy atom. The summed E-state index contributed by atoms with van der Waals surface area (Å²) < 4.78 is 4.74. The van der Waals surface area contributed by atoms with Crippen LogP contribution in [0.15, 0.2) is 24.3 Å². The van der Waals surface area contributed by atoms with E-state index >= 15 is 0 Å². The van der Waals surface area contributed by atoms with Crippen LogP contribution in [-0.4, -0.2) is 25.2 Å². The van der Waals surface area contributed by atoms with E-state index in [0.717, 1.165) is 0 Å². The van der Waals surface area contributed by atoms with Crippen LogP contribution in [0.1, 0.15) is 13.3 Å². The molecule has 0 aliphatic carbocycles. The highest BCUT2D eigenvalue weighted by atomic mass is 16.5. The van der Waals surface area contributed by atoms with Crippen molar-refractivity contribution < 1.29 is 14.3 Å². The minimum Gasteiger partial charge on any atom is -0.450 e.